The van der Waals surface area contributed by atoms with Gasteiger partial charge in [0.05, 0.1) is 10.8 Å². The second-order valence-electron chi connectivity index (χ2n) is 6.04. The Hall–Kier alpha value is -3.03. The number of rotatable bonds is 7. The van der Waals surface area contributed by atoms with Gasteiger partial charge in [-0.05, 0) is 23.6 Å². The highest BCUT2D eigenvalue weighted by Crippen LogP contribution is 2.25. The van der Waals surface area contributed by atoms with Crippen LogP contribution in [0.2, 0.25) is 5.02 Å². The zero-order chi connectivity index (χ0) is 20.1. The van der Waals surface area contributed by atoms with Gasteiger partial charge >= 0.3 is 0 Å². The van der Waals surface area contributed by atoms with E-state index in [1.54, 1.807) is 12.1 Å². The predicted octanol–water partition coefficient (Wildman–Crippen LogP) is 5.19. The normalized spacial score (nSPS) is 10.8. The summed E-state index contributed by atoms with van der Waals surface area (Å²) < 4.78 is 11.1. The Morgan fingerprint density at radius 2 is 1.83 bits per heavy atom. The van der Waals surface area contributed by atoms with Crippen molar-refractivity contribution < 1.29 is 13.9 Å². The van der Waals surface area contributed by atoms with Gasteiger partial charge in [0.25, 0.3) is 11.1 Å². The molecule has 29 heavy (non-hydrogen) atoms. The third kappa shape index (κ3) is 4.88. The van der Waals surface area contributed by atoms with E-state index in [9.17, 15) is 4.79 Å². The number of para-hydroxylation sites is 1. The van der Waals surface area contributed by atoms with E-state index in [1.165, 1.54) is 0 Å². The van der Waals surface area contributed by atoms with Crippen LogP contribution < -0.4 is 10.1 Å². The van der Waals surface area contributed by atoms with Crippen molar-refractivity contribution in [3.63, 3.8) is 0 Å². The van der Waals surface area contributed by atoms with Gasteiger partial charge in [-0.1, -0.05) is 71.9 Å². The molecule has 0 saturated heterocycles. The van der Waals surface area contributed by atoms with Gasteiger partial charge in [-0.25, -0.2) is 0 Å². The highest BCUT2D eigenvalue weighted by Gasteiger charge is 2.12. The summed E-state index contributed by atoms with van der Waals surface area (Å²) in [6.07, 6.45) is 0. The number of halogens is 1. The van der Waals surface area contributed by atoms with E-state index >= 15 is 0 Å². The van der Waals surface area contributed by atoms with Crippen molar-refractivity contribution in [1.82, 2.24) is 10.2 Å². The fourth-order valence-electron chi connectivity index (χ4n) is 2.70. The van der Waals surface area contributed by atoms with Gasteiger partial charge in [-0.2, -0.15) is 0 Å². The molecular formula is C21H16ClN3O3S. The van der Waals surface area contributed by atoms with Gasteiger partial charge < -0.3 is 14.5 Å². The predicted molar refractivity (Wildman–Crippen MR) is 113 cm³/mol. The number of carbonyl (C=O) groups is 1. The molecule has 8 heteroatoms. The number of hydrogen-bond acceptors (Lipinski definition) is 6. The quantitative estimate of drug-likeness (QED) is 0.411. The van der Waals surface area contributed by atoms with Crippen LogP contribution in [0.5, 0.6) is 5.75 Å². The van der Waals surface area contributed by atoms with Crippen LogP contribution in [0.15, 0.2) is 76.4 Å². The Morgan fingerprint density at radius 3 is 2.72 bits per heavy atom. The lowest BCUT2D eigenvalue weighted by atomic mass is 10.1. The van der Waals surface area contributed by atoms with E-state index in [0.29, 0.717) is 21.9 Å². The van der Waals surface area contributed by atoms with E-state index in [0.717, 1.165) is 28.2 Å². The molecule has 4 aromatic rings. The number of fused-ring (bicyclic) bond motifs is 1. The zero-order valence-corrected chi connectivity index (χ0v) is 16.7. The minimum atomic E-state index is -0.154. The molecule has 0 unspecified atom stereocenters. The Labute approximate surface area is 176 Å². The van der Waals surface area contributed by atoms with Gasteiger partial charge in [-0.3, -0.25) is 4.79 Å². The number of ether oxygens (including phenoxy) is 1. The van der Waals surface area contributed by atoms with Crippen molar-refractivity contribution >= 4 is 45.7 Å². The molecule has 0 saturated carbocycles. The maximum absolute atomic E-state index is 12.3. The molecule has 0 bridgehead atoms. The van der Waals surface area contributed by atoms with E-state index < -0.39 is 0 Å². The summed E-state index contributed by atoms with van der Waals surface area (Å²) in [7, 11) is 0. The van der Waals surface area contributed by atoms with Gasteiger partial charge in [0.2, 0.25) is 5.91 Å². The SMILES string of the molecule is O=C(CSc1nnc(COc2ccccc2Cl)o1)Nc1cccc2ccccc12. The largest absolute Gasteiger partial charge is 0.482 e. The minimum Gasteiger partial charge on any atom is -0.482 e. The smallest absolute Gasteiger partial charge is 0.277 e. The second kappa shape index (κ2) is 8.98. The molecule has 0 radical (unpaired) electrons. The average Bonchev–Trinajstić information content (AvgIpc) is 3.20. The minimum absolute atomic E-state index is 0.0967. The number of anilines is 1. The Bertz CT molecular complexity index is 1140. The highest BCUT2D eigenvalue weighted by molar-refractivity contribution is 7.99. The van der Waals surface area contributed by atoms with Crippen molar-refractivity contribution in [2.24, 2.45) is 0 Å². The first kappa shape index (κ1) is 19.3. The molecule has 1 N–H and O–H groups in total. The van der Waals surface area contributed by atoms with Crippen LogP contribution in [0.25, 0.3) is 10.8 Å². The molecule has 0 atom stereocenters. The fraction of sp³-hybridized carbons (Fsp3) is 0.0952. The Balaban J connectivity index is 1.31. The van der Waals surface area contributed by atoms with Crippen LogP contribution in [0.3, 0.4) is 0 Å². The standard InChI is InChI=1S/C21H16ClN3O3S/c22-16-9-3-4-11-18(16)27-12-20-24-25-21(28-20)29-13-19(26)23-17-10-5-7-14-6-1-2-8-15(14)17/h1-11H,12-13H2,(H,23,26). The van der Waals surface area contributed by atoms with E-state index in [1.807, 2.05) is 54.6 Å². The summed E-state index contributed by atoms with van der Waals surface area (Å²) in [5.74, 6) is 0.840. The van der Waals surface area contributed by atoms with Crippen LogP contribution in [-0.2, 0) is 11.4 Å². The van der Waals surface area contributed by atoms with Crippen molar-refractivity contribution in [3.8, 4) is 5.75 Å². The maximum Gasteiger partial charge on any atom is 0.277 e. The Kier molecular flexibility index (Phi) is 5.97. The van der Waals surface area contributed by atoms with Crippen LogP contribution in [0, 0.1) is 0 Å². The van der Waals surface area contributed by atoms with Crippen molar-refractivity contribution in [1.29, 1.82) is 0 Å². The number of hydrogen-bond donors (Lipinski definition) is 1. The molecule has 0 spiro atoms. The molecule has 3 aromatic carbocycles. The van der Waals surface area contributed by atoms with Gasteiger partial charge in [0.15, 0.2) is 6.61 Å². The average molecular weight is 426 g/mol. The molecule has 1 heterocycles. The molecule has 1 amide bonds. The van der Waals surface area contributed by atoms with Crippen molar-refractivity contribution in [3.05, 3.63) is 77.6 Å². The Morgan fingerprint density at radius 1 is 1.03 bits per heavy atom. The molecule has 0 aliphatic rings. The van der Waals surface area contributed by atoms with E-state index in [-0.39, 0.29) is 18.3 Å². The second-order valence-corrected chi connectivity index (χ2v) is 7.38. The molecule has 0 aliphatic carbocycles. The number of nitrogens with zero attached hydrogens (tertiary/aromatic N) is 2. The van der Waals surface area contributed by atoms with Crippen LogP contribution in [0.1, 0.15) is 5.89 Å². The molecule has 0 fully saturated rings. The summed E-state index contributed by atoms with van der Waals surface area (Å²) in [6, 6.07) is 20.8. The number of benzene rings is 3. The van der Waals surface area contributed by atoms with E-state index in [2.05, 4.69) is 15.5 Å². The topological polar surface area (TPSA) is 77.2 Å². The molecule has 4 rings (SSSR count). The van der Waals surface area contributed by atoms with E-state index in [4.69, 9.17) is 20.8 Å². The lowest BCUT2D eigenvalue weighted by Gasteiger charge is -2.07. The molecule has 0 aliphatic heterocycles. The molecule has 6 nitrogen and oxygen atoms in total. The lowest BCUT2D eigenvalue weighted by molar-refractivity contribution is -0.113. The van der Waals surface area contributed by atoms with Gasteiger partial charge in [0.1, 0.15) is 5.75 Å². The van der Waals surface area contributed by atoms with Crippen LogP contribution in [0.4, 0.5) is 5.69 Å². The first-order chi connectivity index (χ1) is 14.2. The number of aromatic nitrogens is 2. The van der Waals surface area contributed by atoms with Gasteiger partial charge in [-0.15, -0.1) is 10.2 Å². The molecule has 1 aromatic heterocycles. The summed E-state index contributed by atoms with van der Waals surface area (Å²) in [5.41, 5.74) is 0.771. The number of thioether (sulfide) groups is 1. The lowest BCUT2D eigenvalue weighted by Crippen LogP contribution is -2.14. The fourth-order valence-corrected chi connectivity index (χ4v) is 3.47. The zero-order valence-electron chi connectivity index (χ0n) is 15.2. The number of carbonyl (C=O) groups excluding carboxylic acids is 1. The maximum atomic E-state index is 12.3. The third-order valence-electron chi connectivity index (χ3n) is 4.03. The summed E-state index contributed by atoms with van der Waals surface area (Å²) in [5, 5.41) is 13.7. The summed E-state index contributed by atoms with van der Waals surface area (Å²) in [6.45, 7) is 0.0967. The monoisotopic (exact) mass is 425 g/mol. The molecule has 146 valence electrons. The third-order valence-corrected chi connectivity index (χ3v) is 5.16. The van der Waals surface area contributed by atoms with Crippen molar-refractivity contribution in [2.75, 3.05) is 11.1 Å². The number of amides is 1. The van der Waals surface area contributed by atoms with Crippen LogP contribution in [-0.4, -0.2) is 21.9 Å². The highest BCUT2D eigenvalue weighted by atomic mass is 35.5. The summed E-state index contributed by atoms with van der Waals surface area (Å²) >= 11 is 7.21. The van der Waals surface area contributed by atoms with Crippen LogP contribution >= 0.6 is 23.4 Å². The first-order valence-corrected chi connectivity index (χ1v) is 10.2. The van der Waals surface area contributed by atoms with Crippen molar-refractivity contribution in [2.45, 2.75) is 11.8 Å². The number of nitrogens with one attached hydrogen (secondary N) is 1. The summed E-state index contributed by atoms with van der Waals surface area (Å²) in [4.78, 5) is 12.3. The first-order valence-electron chi connectivity index (χ1n) is 8.79. The molecular weight excluding hydrogens is 410 g/mol. The van der Waals surface area contributed by atoms with Gasteiger partial charge in [0, 0.05) is 11.1 Å².